The Morgan fingerprint density at radius 2 is 1.30 bits per heavy atom. The molecule has 0 radical (unpaired) electrons. The quantitative estimate of drug-likeness (QED) is 0.409. The normalized spacial score (nSPS) is 13.0. The number of anilines is 1. The Bertz CT molecular complexity index is 1150. The van der Waals surface area contributed by atoms with Gasteiger partial charge in [-0.3, -0.25) is 29.4 Å². The highest BCUT2D eigenvalue weighted by molar-refractivity contribution is 6.31. The van der Waals surface area contributed by atoms with E-state index in [1.54, 1.807) is 6.07 Å². The molecule has 0 amide bonds. The summed E-state index contributed by atoms with van der Waals surface area (Å²) in [5, 5.41) is 4.49. The van der Waals surface area contributed by atoms with Gasteiger partial charge in [-0.05, 0) is 18.2 Å². The summed E-state index contributed by atoms with van der Waals surface area (Å²) >= 11 is 0. The van der Waals surface area contributed by atoms with Crippen LogP contribution in [0.3, 0.4) is 0 Å². The molecule has 0 unspecified atom stereocenters. The number of carbonyl (C=O) groups excluding carboxylic acids is 2. The monoisotopic (exact) mass is 307 g/mol. The Hall–Kier alpha value is -3.48. The van der Waals surface area contributed by atoms with Crippen molar-refractivity contribution in [3.8, 4) is 0 Å². The second-order valence-corrected chi connectivity index (χ2v) is 5.28. The molecule has 23 heavy (non-hydrogen) atoms. The summed E-state index contributed by atoms with van der Waals surface area (Å²) < 4.78 is 0. The summed E-state index contributed by atoms with van der Waals surface area (Å²) in [6, 6.07) is 7.19. The summed E-state index contributed by atoms with van der Waals surface area (Å²) in [6.07, 6.45) is 0. The van der Waals surface area contributed by atoms with Gasteiger partial charge in [-0.1, -0.05) is 12.1 Å². The maximum absolute atomic E-state index is 12.7. The van der Waals surface area contributed by atoms with E-state index in [1.807, 2.05) is 0 Å². The largest absolute Gasteiger partial charge is 0.398 e. The summed E-state index contributed by atoms with van der Waals surface area (Å²) in [7, 11) is 0. The lowest BCUT2D eigenvalue weighted by Crippen LogP contribution is -2.25. The average molecular weight is 307 g/mol. The number of carbonyl (C=O) groups is 2. The van der Waals surface area contributed by atoms with Crippen molar-refractivity contribution < 1.29 is 9.59 Å². The van der Waals surface area contributed by atoms with Crippen LogP contribution in [-0.4, -0.2) is 21.8 Å². The number of fused-ring (bicyclic) bond motifs is 3. The summed E-state index contributed by atoms with van der Waals surface area (Å²) in [5.74, 6) is -0.835. The van der Waals surface area contributed by atoms with Gasteiger partial charge >= 0.3 is 0 Å². The van der Waals surface area contributed by atoms with E-state index in [1.165, 1.54) is 24.3 Å². The maximum Gasteiger partial charge on any atom is 0.270 e. The van der Waals surface area contributed by atoms with E-state index in [0.717, 1.165) is 0 Å². The first-order valence-corrected chi connectivity index (χ1v) is 6.75. The van der Waals surface area contributed by atoms with E-state index in [4.69, 9.17) is 5.73 Å². The fraction of sp³-hybridized carbons (Fsp3) is 0. The lowest BCUT2D eigenvalue weighted by Gasteiger charge is -2.19. The number of benzene rings is 2. The molecule has 4 N–H and O–H groups in total. The van der Waals surface area contributed by atoms with Gasteiger partial charge in [0.1, 0.15) is 0 Å². The minimum absolute atomic E-state index is 0.0478. The van der Waals surface area contributed by atoms with E-state index in [2.05, 4.69) is 10.2 Å². The minimum atomic E-state index is -0.547. The topological polar surface area (TPSA) is 126 Å². The third-order valence-corrected chi connectivity index (χ3v) is 3.99. The molecule has 0 saturated heterocycles. The number of rotatable bonds is 0. The molecule has 0 atom stereocenters. The molecule has 0 aliphatic heterocycles. The Balaban J connectivity index is 2.16. The number of nitrogen functional groups attached to an aromatic ring is 1. The second kappa shape index (κ2) is 4.26. The van der Waals surface area contributed by atoms with Crippen LogP contribution in [0.5, 0.6) is 0 Å². The van der Waals surface area contributed by atoms with Gasteiger partial charge < -0.3 is 5.73 Å². The first-order chi connectivity index (χ1) is 11.0. The predicted molar refractivity (Wildman–Crippen MR) is 82.9 cm³/mol. The minimum Gasteiger partial charge on any atom is -0.398 e. The Kier molecular flexibility index (Phi) is 2.45. The highest BCUT2D eigenvalue weighted by Crippen LogP contribution is 2.31. The summed E-state index contributed by atoms with van der Waals surface area (Å²) in [6.45, 7) is 0. The standard InChI is InChI=1S/C16H9N3O4/c17-11-3-1-2-6-12(11)14(21)8-5-10-9(4-7(8)13(6)20)15(22)18-19-16(10)23/h1-5H,17H2,(H,18,22)(H,19,23). The zero-order chi connectivity index (χ0) is 16.3. The molecular weight excluding hydrogens is 298 g/mol. The van der Waals surface area contributed by atoms with Crippen molar-refractivity contribution in [1.82, 2.24) is 10.2 Å². The number of ketones is 2. The van der Waals surface area contributed by atoms with Crippen LogP contribution in [0.2, 0.25) is 0 Å². The van der Waals surface area contributed by atoms with Crippen molar-refractivity contribution in [1.29, 1.82) is 0 Å². The first kappa shape index (κ1) is 13.2. The van der Waals surface area contributed by atoms with Gasteiger partial charge in [-0.2, -0.15) is 0 Å². The van der Waals surface area contributed by atoms with Crippen molar-refractivity contribution in [3.63, 3.8) is 0 Å². The highest BCUT2D eigenvalue weighted by Gasteiger charge is 2.32. The van der Waals surface area contributed by atoms with Crippen LogP contribution >= 0.6 is 0 Å². The number of H-pyrrole nitrogens is 2. The Morgan fingerprint density at radius 1 is 0.739 bits per heavy atom. The van der Waals surface area contributed by atoms with Crippen molar-refractivity contribution in [2.75, 3.05) is 5.73 Å². The molecule has 0 saturated carbocycles. The van der Waals surface area contributed by atoms with E-state index < -0.39 is 22.7 Å². The fourth-order valence-corrected chi connectivity index (χ4v) is 2.89. The number of hydrogen-bond donors (Lipinski definition) is 3. The molecule has 3 aromatic rings. The van der Waals surface area contributed by atoms with Crippen molar-refractivity contribution in [2.24, 2.45) is 0 Å². The van der Waals surface area contributed by atoms with Crippen molar-refractivity contribution >= 4 is 28.0 Å². The zero-order valence-corrected chi connectivity index (χ0v) is 11.6. The second-order valence-electron chi connectivity index (χ2n) is 5.28. The van der Waals surface area contributed by atoms with E-state index in [9.17, 15) is 19.2 Å². The molecule has 7 nitrogen and oxygen atoms in total. The lowest BCUT2D eigenvalue weighted by molar-refractivity contribution is 0.0980. The molecule has 1 aromatic heterocycles. The molecule has 7 heteroatoms. The van der Waals surface area contributed by atoms with Crippen molar-refractivity contribution in [3.05, 3.63) is 73.3 Å². The molecule has 1 aliphatic carbocycles. The molecule has 1 heterocycles. The molecule has 1 aliphatic rings. The number of hydrogen-bond acceptors (Lipinski definition) is 5. The van der Waals surface area contributed by atoms with Crippen LogP contribution in [0.15, 0.2) is 39.9 Å². The van der Waals surface area contributed by atoms with Crippen LogP contribution in [0.25, 0.3) is 10.8 Å². The average Bonchev–Trinajstić information content (AvgIpc) is 2.55. The van der Waals surface area contributed by atoms with Gasteiger partial charge in [-0.25, -0.2) is 0 Å². The van der Waals surface area contributed by atoms with Gasteiger partial charge in [0.15, 0.2) is 11.6 Å². The molecular formula is C16H9N3O4. The SMILES string of the molecule is Nc1cccc2c1C(=O)c1cc3c(=O)[nH][nH]c(=O)c3cc1C2=O. The number of aromatic amines is 2. The Labute approximate surface area is 127 Å². The maximum atomic E-state index is 12.7. The number of nitrogens with one attached hydrogen (secondary N) is 2. The van der Waals surface area contributed by atoms with Gasteiger partial charge in [0.25, 0.3) is 11.1 Å². The zero-order valence-electron chi connectivity index (χ0n) is 11.6. The van der Waals surface area contributed by atoms with Crippen LogP contribution in [-0.2, 0) is 0 Å². The third kappa shape index (κ3) is 1.64. The summed E-state index contributed by atoms with van der Waals surface area (Å²) in [4.78, 5) is 49.1. The molecule has 2 aromatic carbocycles. The van der Waals surface area contributed by atoms with Crippen LogP contribution < -0.4 is 16.9 Å². The lowest BCUT2D eigenvalue weighted by atomic mass is 9.82. The molecule has 0 spiro atoms. The molecule has 0 bridgehead atoms. The smallest absolute Gasteiger partial charge is 0.270 e. The van der Waals surface area contributed by atoms with Gasteiger partial charge in [0.2, 0.25) is 0 Å². The van der Waals surface area contributed by atoms with E-state index in [-0.39, 0.29) is 38.7 Å². The highest BCUT2D eigenvalue weighted by atomic mass is 16.2. The number of aromatic nitrogens is 2. The Morgan fingerprint density at radius 3 is 1.91 bits per heavy atom. The van der Waals surface area contributed by atoms with Gasteiger partial charge in [0, 0.05) is 22.4 Å². The van der Waals surface area contributed by atoms with Crippen molar-refractivity contribution in [2.45, 2.75) is 0 Å². The van der Waals surface area contributed by atoms with E-state index in [0.29, 0.717) is 0 Å². The van der Waals surface area contributed by atoms with Gasteiger partial charge in [0.05, 0.1) is 16.3 Å². The predicted octanol–water partition coefficient (Wildman–Crippen LogP) is 0.574. The molecule has 0 fully saturated rings. The summed E-state index contributed by atoms with van der Waals surface area (Å²) in [5.41, 5.74) is 5.43. The number of nitrogens with two attached hydrogens (primary N) is 1. The third-order valence-electron chi connectivity index (χ3n) is 3.99. The van der Waals surface area contributed by atoms with Crippen LogP contribution in [0, 0.1) is 0 Å². The fourth-order valence-electron chi connectivity index (χ4n) is 2.89. The first-order valence-electron chi connectivity index (χ1n) is 6.75. The van der Waals surface area contributed by atoms with Crippen LogP contribution in [0.1, 0.15) is 31.8 Å². The van der Waals surface area contributed by atoms with E-state index >= 15 is 0 Å². The molecule has 112 valence electrons. The molecule has 4 rings (SSSR count). The van der Waals surface area contributed by atoms with Crippen LogP contribution in [0.4, 0.5) is 5.69 Å². The van der Waals surface area contributed by atoms with Gasteiger partial charge in [-0.15, -0.1) is 0 Å².